The fourth-order valence-electron chi connectivity index (χ4n) is 2.36. The Balaban J connectivity index is 2.37. The van der Waals surface area contributed by atoms with Crippen molar-refractivity contribution in [3.05, 3.63) is 59.2 Å². The van der Waals surface area contributed by atoms with Gasteiger partial charge >= 0.3 is 0 Å². The van der Waals surface area contributed by atoms with Crippen LogP contribution in [0.1, 0.15) is 23.5 Å². The van der Waals surface area contributed by atoms with Gasteiger partial charge < -0.3 is 0 Å². The third-order valence-corrected chi connectivity index (χ3v) is 3.21. The minimum absolute atomic E-state index is 0.170. The van der Waals surface area contributed by atoms with E-state index < -0.39 is 29.5 Å². The molecule has 2 atom stereocenters. The zero-order valence-electron chi connectivity index (χ0n) is 9.13. The van der Waals surface area contributed by atoms with Crippen LogP contribution >= 0.6 is 0 Å². The maximum atomic E-state index is 13.9. The highest BCUT2D eigenvalue weighted by atomic mass is 19.2. The molecule has 1 aliphatic carbocycles. The first-order valence-electron chi connectivity index (χ1n) is 5.46. The minimum atomic E-state index is -2.18. The molecule has 2 aromatic carbocycles. The van der Waals surface area contributed by atoms with E-state index in [1.165, 1.54) is 12.1 Å². The van der Waals surface area contributed by atoms with Gasteiger partial charge in [0.2, 0.25) is 0 Å². The summed E-state index contributed by atoms with van der Waals surface area (Å²) in [6.07, 6.45) is -4.14. The molecule has 2 unspecified atom stereocenters. The summed E-state index contributed by atoms with van der Waals surface area (Å²) in [5.74, 6) is -2.47. The molecule has 1 aliphatic rings. The Kier molecular flexibility index (Phi) is 2.40. The van der Waals surface area contributed by atoms with Crippen molar-refractivity contribution >= 4 is 0 Å². The molecule has 0 fully saturated rings. The summed E-state index contributed by atoms with van der Waals surface area (Å²) >= 11 is 0. The molecule has 0 radical (unpaired) electrons. The fourth-order valence-corrected chi connectivity index (χ4v) is 2.36. The molecule has 18 heavy (non-hydrogen) atoms. The van der Waals surface area contributed by atoms with E-state index in [4.69, 9.17) is 0 Å². The largest absolute Gasteiger partial charge is 0.239 e. The van der Waals surface area contributed by atoms with Crippen LogP contribution in [0.5, 0.6) is 0 Å². The van der Waals surface area contributed by atoms with E-state index in [9.17, 15) is 17.6 Å². The van der Waals surface area contributed by atoms with Crippen molar-refractivity contribution in [1.29, 1.82) is 0 Å². The molecule has 0 aromatic heterocycles. The normalized spacial score (nSPS) is 21.3. The molecule has 0 heterocycles. The molecule has 0 bridgehead atoms. The van der Waals surface area contributed by atoms with Gasteiger partial charge in [0.15, 0.2) is 24.0 Å². The van der Waals surface area contributed by atoms with Gasteiger partial charge in [-0.2, -0.15) is 0 Å². The van der Waals surface area contributed by atoms with Crippen LogP contribution in [0.15, 0.2) is 36.4 Å². The smallest absolute Gasteiger partial charge is 0.165 e. The van der Waals surface area contributed by atoms with Crippen LogP contribution in [0.4, 0.5) is 17.6 Å². The van der Waals surface area contributed by atoms with Crippen LogP contribution in [0.2, 0.25) is 0 Å². The minimum Gasteiger partial charge on any atom is -0.239 e. The van der Waals surface area contributed by atoms with Crippen LogP contribution in [0.3, 0.4) is 0 Å². The molecule has 0 aliphatic heterocycles. The second-order valence-electron chi connectivity index (χ2n) is 4.21. The van der Waals surface area contributed by atoms with Crippen molar-refractivity contribution in [2.24, 2.45) is 0 Å². The second kappa shape index (κ2) is 3.83. The van der Waals surface area contributed by atoms with E-state index in [-0.39, 0.29) is 11.1 Å². The van der Waals surface area contributed by atoms with E-state index in [0.717, 1.165) is 6.07 Å². The van der Waals surface area contributed by atoms with Crippen LogP contribution in [-0.2, 0) is 0 Å². The first kappa shape index (κ1) is 11.3. The van der Waals surface area contributed by atoms with Crippen molar-refractivity contribution in [2.45, 2.75) is 12.3 Å². The number of hydrogen-bond donors (Lipinski definition) is 0. The Morgan fingerprint density at radius 1 is 0.778 bits per heavy atom. The van der Waals surface area contributed by atoms with Crippen LogP contribution in [0.25, 0.3) is 11.1 Å². The summed E-state index contributed by atoms with van der Waals surface area (Å²) in [6.45, 7) is 0. The highest BCUT2D eigenvalue weighted by molar-refractivity contribution is 5.74. The maximum Gasteiger partial charge on any atom is 0.165 e. The predicted molar refractivity (Wildman–Crippen MR) is 59.5 cm³/mol. The summed E-state index contributed by atoms with van der Waals surface area (Å²) in [7, 11) is 0. The third-order valence-electron chi connectivity index (χ3n) is 3.21. The van der Waals surface area contributed by atoms with Gasteiger partial charge in [-0.15, -0.1) is 0 Å². The molecule has 0 saturated carbocycles. The molecule has 0 amide bonds. The number of alkyl halides is 2. The molecule has 0 spiro atoms. The third kappa shape index (κ3) is 1.38. The van der Waals surface area contributed by atoms with Crippen LogP contribution < -0.4 is 0 Å². The quantitative estimate of drug-likeness (QED) is 0.598. The molecule has 2 aromatic rings. The van der Waals surface area contributed by atoms with Gasteiger partial charge in [0.05, 0.1) is 0 Å². The van der Waals surface area contributed by atoms with E-state index in [2.05, 4.69) is 0 Å². The lowest BCUT2D eigenvalue weighted by Crippen LogP contribution is -2.14. The molecular formula is C14H8F4. The van der Waals surface area contributed by atoms with Crippen molar-refractivity contribution in [3.8, 4) is 11.1 Å². The molecular weight excluding hydrogens is 244 g/mol. The Labute approximate surface area is 101 Å². The van der Waals surface area contributed by atoms with Crippen molar-refractivity contribution in [1.82, 2.24) is 0 Å². The summed E-state index contributed by atoms with van der Waals surface area (Å²) < 4.78 is 54.5. The fraction of sp³-hybridized carbons (Fsp3) is 0.143. The number of hydrogen-bond acceptors (Lipinski definition) is 0. The molecule has 0 saturated heterocycles. The van der Waals surface area contributed by atoms with Crippen molar-refractivity contribution in [2.75, 3.05) is 0 Å². The summed E-state index contributed by atoms with van der Waals surface area (Å²) in [4.78, 5) is 0. The lowest BCUT2D eigenvalue weighted by molar-refractivity contribution is 0.163. The molecule has 0 nitrogen and oxygen atoms in total. The highest BCUT2D eigenvalue weighted by Gasteiger charge is 2.36. The van der Waals surface area contributed by atoms with Crippen molar-refractivity contribution < 1.29 is 17.6 Å². The van der Waals surface area contributed by atoms with Gasteiger partial charge in [-0.25, -0.2) is 17.6 Å². The number of halogens is 4. The highest BCUT2D eigenvalue weighted by Crippen LogP contribution is 2.49. The predicted octanol–water partition coefficient (Wildman–Crippen LogP) is 4.67. The van der Waals surface area contributed by atoms with E-state index in [1.54, 1.807) is 18.2 Å². The van der Waals surface area contributed by atoms with Gasteiger partial charge in [-0.05, 0) is 22.8 Å². The SMILES string of the molecule is Fc1ccc2c(c1F)C(F)C(F)c1ccccc1-2. The summed E-state index contributed by atoms with van der Waals surface area (Å²) in [6, 6.07) is 8.47. The Morgan fingerprint density at radius 2 is 1.50 bits per heavy atom. The maximum absolute atomic E-state index is 13.9. The topological polar surface area (TPSA) is 0 Å². The summed E-state index contributed by atoms with van der Waals surface area (Å²) in [5, 5.41) is 0. The van der Waals surface area contributed by atoms with E-state index >= 15 is 0 Å². The van der Waals surface area contributed by atoms with Gasteiger partial charge in [-0.3, -0.25) is 0 Å². The number of fused-ring (bicyclic) bond motifs is 3. The zero-order chi connectivity index (χ0) is 12.9. The van der Waals surface area contributed by atoms with Gasteiger partial charge in [0, 0.05) is 5.56 Å². The molecule has 4 heteroatoms. The van der Waals surface area contributed by atoms with Crippen LogP contribution in [0, 0.1) is 11.6 Å². The monoisotopic (exact) mass is 252 g/mol. The summed E-state index contributed by atoms with van der Waals surface area (Å²) in [5.41, 5.74) is 0.267. The lowest BCUT2D eigenvalue weighted by Gasteiger charge is -2.26. The first-order chi connectivity index (χ1) is 8.61. The Hall–Kier alpha value is -1.84. The molecule has 3 rings (SSSR count). The lowest BCUT2D eigenvalue weighted by atomic mass is 9.83. The number of benzene rings is 2. The standard InChI is InChI=1S/C14H8F4/c15-10-6-5-8-7-3-1-2-4-9(7)12(16)14(18)11(8)13(10)17/h1-6,12,14H. The van der Waals surface area contributed by atoms with Gasteiger partial charge in [0.1, 0.15) is 0 Å². The first-order valence-corrected chi connectivity index (χ1v) is 5.46. The second-order valence-corrected chi connectivity index (χ2v) is 4.21. The zero-order valence-corrected chi connectivity index (χ0v) is 9.13. The molecule has 92 valence electrons. The van der Waals surface area contributed by atoms with Gasteiger partial charge in [0.25, 0.3) is 0 Å². The Bertz CT molecular complexity index is 621. The van der Waals surface area contributed by atoms with Crippen LogP contribution in [-0.4, -0.2) is 0 Å². The van der Waals surface area contributed by atoms with E-state index in [1.807, 2.05) is 0 Å². The van der Waals surface area contributed by atoms with Gasteiger partial charge in [-0.1, -0.05) is 30.3 Å². The Morgan fingerprint density at radius 3 is 2.28 bits per heavy atom. The molecule has 0 N–H and O–H groups in total. The average Bonchev–Trinajstić information content (AvgIpc) is 2.39. The average molecular weight is 252 g/mol. The van der Waals surface area contributed by atoms with Crippen molar-refractivity contribution in [3.63, 3.8) is 0 Å². The van der Waals surface area contributed by atoms with E-state index in [0.29, 0.717) is 5.56 Å². The number of rotatable bonds is 0.